The fourth-order valence-electron chi connectivity index (χ4n) is 0.941. The van der Waals surface area contributed by atoms with Gasteiger partial charge in [-0.05, 0) is 25.9 Å². The number of nitrogens with zero attached hydrogens (tertiary/aromatic N) is 1. The second kappa shape index (κ2) is 4.02. The molecule has 0 heterocycles. The minimum absolute atomic E-state index is 0.130. The van der Waals surface area contributed by atoms with Crippen molar-refractivity contribution in [3.8, 4) is 0 Å². The maximum Gasteiger partial charge on any atom is 0.0645 e. The second-order valence-corrected chi connectivity index (χ2v) is 2.15. The molecule has 0 N–H and O–H groups in total. The molecule has 0 aliphatic carbocycles. The molecule has 0 saturated heterocycles. The molecule has 1 aromatic carbocycles. The van der Waals surface area contributed by atoms with Gasteiger partial charge in [-0.1, -0.05) is 18.1 Å². The number of para-hydroxylation sites is 1. The molecule has 0 amide bonds. The highest BCUT2D eigenvalue weighted by molar-refractivity contribution is 5.45. The zero-order valence-electron chi connectivity index (χ0n) is 11.9. The van der Waals surface area contributed by atoms with E-state index in [1.807, 2.05) is 13.8 Å². The number of hydrogen-bond acceptors (Lipinski definition) is 1. The summed E-state index contributed by atoms with van der Waals surface area (Å²) in [5, 5.41) is 0. The Balaban J connectivity index is 3.50. The minimum Gasteiger partial charge on any atom is -0.372 e. The molecule has 0 radical (unpaired) electrons. The first-order valence-corrected chi connectivity index (χ1v) is 3.77. The van der Waals surface area contributed by atoms with Crippen molar-refractivity contribution in [1.82, 2.24) is 0 Å². The predicted octanol–water partition coefficient (Wildman–Crippen LogP) is 2.53. The van der Waals surface area contributed by atoms with Gasteiger partial charge in [-0.2, -0.15) is 0 Å². The van der Waals surface area contributed by atoms with Gasteiger partial charge in [-0.3, -0.25) is 0 Å². The minimum atomic E-state index is -0.342. The van der Waals surface area contributed by atoms with Crippen LogP contribution in [0.3, 0.4) is 0 Å². The molecule has 0 atom stereocenters. The number of rotatable bonds is 3. The normalized spacial score (nSPS) is 16.0. The fourth-order valence-corrected chi connectivity index (χ4v) is 0.941. The van der Waals surface area contributed by atoms with Crippen LogP contribution < -0.4 is 4.90 Å². The second-order valence-electron chi connectivity index (χ2n) is 2.15. The summed E-state index contributed by atoms with van der Waals surface area (Å²) in [6.45, 7) is 5.02. The Kier molecular flexibility index (Phi) is 1.32. The standard InChI is InChI=1S/C10H15N/c1-3-11(4-2)10-8-6-5-7-9-10/h5-9H,3-4H2,1-2H3/i5D,6D,7D,8D,9D. The lowest BCUT2D eigenvalue weighted by molar-refractivity contribution is 0.866. The highest BCUT2D eigenvalue weighted by Gasteiger charge is 1.97. The first kappa shape index (κ1) is 3.61. The first-order valence-electron chi connectivity index (χ1n) is 6.27. The Morgan fingerprint density at radius 1 is 1.18 bits per heavy atom. The van der Waals surface area contributed by atoms with Crippen molar-refractivity contribution < 1.29 is 6.85 Å². The zero-order valence-corrected chi connectivity index (χ0v) is 6.86. The Labute approximate surface area is 75.7 Å². The van der Waals surface area contributed by atoms with E-state index in [1.165, 1.54) is 0 Å². The molecule has 1 rings (SSSR count). The fraction of sp³-hybridized carbons (Fsp3) is 0.400. The summed E-state index contributed by atoms with van der Waals surface area (Å²) >= 11 is 0. The van der Waals surface area contributed by atoms with Crippen molar-refractivity contribution in [2.24, 2.45) is 0 Å². The maximum absolute atomic E-state index is 7.76. The average Bonchev–Trinajstić information content (AvgIpc) is 2.29. The van der Waals surface area contributed by atoms with E-state index in [2.05, 4.69) is 0 Å². The molecule has 60 valence electrons. The van der Waals surface area contributed by atoms with E-state index in [9.17, 15) is 0 Å². The Hall–Kier alpha value is -0.980. The predicted molar refractivity (Wildman–Crippen MR) is 50.0 cm³/mol. The lowest BCUT2D eigenvalue weighted by Gasteiger charge is -2.20. The van der Waals surface area contributed by atoms with Crippen LogP contribution in [0.5, 0.6) is 0 Å². The van der Waals surface area contributed by atoms with Gasteiger partial charge >= 0.3 is 0 Å². The Bertz CT molecular complexity index is 372. The summed E-state index contributed by atoms with van der Waals surface area (Å²) in [7, 11) is 0. The summed E-state index contributed by atoms with van der Waals surface area (Å²) in [5.74, 6) is 0. The van der Waals surface area contributed by atoms with Gasteiger partial charge in [0.15, 0.2) is 0 Å². The third kappa shape index (κ3) is 1.97. The number of benzene rings is 1. The SMILES string of the molecule is [2H]c1c([2H])c([2H])c(N(CC)CC)c([2H])c1[2H]. The van der Waals surface area contributed by atoms with Crippen LogP contribution in [0.25, 0.3) is 0 Å². The highest BCUT2D eigenvalue weighted by atomic mass is 15.1. The summed E-state index contributed by atoms with van der Waals surface area (Å²) in [5.41, 5.74) is 0.288. The van der Waals surface area contributed by atoms with Gasteiger partial charge in [-0.25, -0.2) is 0 Å². The maximum atomic E-state index is 7.76. The molecule has 1 aromatic rings. The van der Waals surface area contributed by atoms with Gasteiger partial charge < -0.3 is 4.90 Å². The molecule has 0 unspecified atom stereocenters. The summed E-state index contributed by atoms with van der Waals surface area (Å²) < 4.78 is 38.1. The van der Waals surface area contributed by atoms with Crippen LogP contribution in [-0.2, 0) is 0 Å². The lowest BCUT2D eigenvalue weighted by Crippen LogP contribution is -2.21. The third-order valence-corrected chi connectivity index (χ3v) is 1.57. The van der Waals surface area contributed by atoms with Crippen molar-refractivity contribution >= 4 is 5.69 Å². The molecule has 1 nitrogen and oxygen atoms in total. The number of anilines is 1. The van der Waals surface area contributed by atoms with Crippen LogP contribution in [0, 0.1) is 0 Å². The largest absolute Gasteiger partial charge is 0.372 e. The molecule has 0 aliphatic heterocycles. The van der Waals surface area contributed by atoms with Crippen LogP contribution in [0.1, 0.15) is 20.7 Å². The molecule has 0 saturated carbocycles. The smallest absolute Gasteiger partial charge is 0.0645 e. The molecule has 0 aromatic heterocycles. The van der Waals surface area contributed by atoms with E-state index in [4.69, 9.17) is 6.85 Å². The van der Waals surface area contributed by atoms with Crippen molar-refractivity contribution in [2.45, 2.75) is 13.8 Å². The van der Waals surface area contributed by atoms with E-state index in [0.29, 0.717) is 13.1 Å². The van der Waals surface area contributed by atoms with Crippen LogP contribution in [0.2, 0.25) is 0 Å². The van der Waals surface area contributed by atoms with E-state index in [-0.39, 0.29) is 35.9 Å². The first-order chi connectivity index (χ1) is 7.45. The van der Waals surface area contributed by atoms with Crippen LogP contribution in [0.15, 0.2) is 30.2 Å². The van der Waals surface area contributed by atoms with E-state index in [0.717, 1.165) is 0 Å². The Morgan fingerprint density at radius 2 is 1.73 bits per heavy atom. The summed E-state index contributed by atoms with van der Waals surface area (Å²) in [6.07, 6.45) is 0. The highest BCUT2D eigenvalue weighted by Crippen LogP contribution is 2.11. The van der Waals surface area contributed by atoms with Crippen LogP contribution in [0.4, 0.5) is 5.69 Å². The van der Waals surface area contributed by atoms with Gasteiger partial charge in [0.2, 0.25) is 0 Å². The summed E-state index contributed by atoms with van der Waals surface area (Å²) in [6, 6.07) is -1.15. The molecule has 0 fully saturated rings. The molecule has 0 bridgehead atoms. The molecular weight excluding hydrogens is 134 g/mol. The van der Waals surface area contributed by atoms with Crippen LogP contribution in [-0.4, -0.2) is 13.1 Å². The molecule has 1 heteroatoms. The van der Waals surface area contributed by atoms with Gasteiger partial charge in [-0.15, -0.1) is 0 Å². The molecule has 11 heavy (non-hydrogen) atoms. The topological polar surface area (TPSA) is 3.24 Å². The van der Waals surface area contributed by atoms with E-state index in [1.54, 1.807) is 4.90 Å². The van der Waals surface area contributed by atoms with Gasteiger partial charge in [0.1, 0.15) is 0 Å². The monoisotopic (exact) mass is 154 g/mol. The molecule has 0 aliphatic rings. The number of hydrogen-bond donors (Lipinski definition) is 0. The lowest BCUT2D eigenvalue weighted by atomic mass is 10.3. The quantitative estimate of drug-likeness (QED) is 0.646. The van der Waals surface area contributed by atoms with Crippen molar-refractivity contribution in [3.05, 3.63) is 30.2 Å². The van der Waals surface area contributed by atoms with Gasteiger partial charge in [0.25, 0.3) is 0 Å². The van der Waals surface area contributed by atoms with Gasteiger partial charge in [0.05, 0.1) is 6.85 Å². The Morgan fingerprint density at radius 3 is 2.18 bits per heavy atom. The van der Waals surface area contributed by atoms with Crippen molar-refractivity contribution in [3.63, 3.8) is 0 Å². The average molecular weight is 154 g/mol. The van der Waals surface area contributed by atoms with Crippen LogP contribution >= 0.6 is 0 Å². The summed E-state index contributed by atoms with van der Waals surface area (Å²) in [4.78, 5) is 1.76. The molecule has 0 spiro atoms. The van der Waals surface area contributed by atoms with E-state index < -0.39 is 0 Å². The third-order valence-electron chi connectivity index (χ3n) is 1.57. The van der Waals surface area contributed by atoms with Gasteiger partial charge in [0, 0.05) is 18.8 Å². The van der Waals surface area contributed by atoms with E-state index >= 15 is 0 Å². The van der Waals surface area contributed by atoms with Crippen molar-refractivity contribution in [2.75, 3.05) is 18.0 Å². The molecular formula is C10H15N. The van der Waals surface area contributed by atoms with Crippen molar-refractivity contribution in [1.29, 1.82) is 0 Å². The zero-order chi connectivity index (χ0) is 12.5.